The first-order valence-corrected chi connectivity index (χ1v) is 7.40. The van der Waals surface area contributed by atoms with Crippen LogP contribution in [0, 0.1) is 11.8 Å². The molecule has 0 saturated carbocycles. The van der Waals surface area contributed by atoms with Gasteiger partial charge in [-0.1, -0.05) is 13.8 Å². The molecule has 0 fully saturated rings. The van der Waals surface area contributed by atoms with Gasteiger partial charge in [0.25, 0.3) is 0 Å². The van der Waals surface area contributed by atoms with E-state index in [1.165, 1.54) is 4.90 Å². The second-order valence-corrected chi connectivity index (χ2v) is 5.51. The summed E-state index contributed by atoms with van der Waals surface area (Å²) in [6, 6.07) is 7.92. The molecule has 2 N–H and O–H groups in total. The molecule has 4 heteroatoms. The van der Waals surface area contributed by atoms with Gasteiger partial charge in [-0.3, -0.25) is 4.79 Å². The standard InChI is InChI=1S/C14H22N2OS/c1-10(2)13(9-15-3)14(17)16-11-5-7-12(18-4)8-6-11/h5-8,10,13,15H,9H2,1-4H3,(H,16,17). The average molecular weight is 266 g/mol. The topological polar surface area (TPSA) is 41.1 Å². The molecule has 0 heterocycles. The van der Waals surface area contributed by atoms with E-state index < -0.39 is 0 Å². The van der Waals surface area contributed by atoms with E-state index in [1.807, 2.05) is 37.6 Å². The molecule has 18 heavy (non-hydrogen) atoms. The second kappa shape index (κ2) is 7.44. The fourth-order valence-corrected chi connectivity index (χ4v) is 2.17. The van der Waals surface area contributed by atoms with Gasteiger partial charge >= 0.3 is 0 Å². The van der Waals surface area contributed by atoms with Crippen molar-refractivity contribution in [3.8, 4) is 0 Å². The van der Waals surface area contributed by atoms with E-state index in [0.717, 1.165) is 5.69 Å². The van der Waals surface area contributed by atoms with Gasteiger partial charge in [0.1, 0.15) is 0 Å². The third kappa shape index (κ3) is 4.35. The first kappa shape index (κ1) is 15.1. The Morgan fingerprint density at radius 2 is 1.89 bits per heavy atom. The van der Waals surface area contributed by atoms with Crippen LogP contribution in [0.2, 0.25) is 0 Å². The summed E-state index contributed by atoms with van der Waals surface area (Å²) in [5, 5.41) is 6.04. The lowest BCUT2D eigenvalue weighted by Gasteiger charge is -2.19. The third-order valence-electron chi connectivity index (χ3n) is 2.92. The Hall–Kier alpha value is -1.00. The number of amides is 1. The van der Waals surface area contributed by atoms with Crippen LogP contribution in [0.25, 0.3) is 0 Å². The number of anilines is 1. The van der Waals surface area contributed by atoms with E-state index in [-0.39, 0.29) is 11.8 Å². The smallest absolute Gasteiger partial charge is 0.229 e. The summed E-state index contributed by atoms with van der Waals surface area (Å²) in [5.41, 5.74) is 0.861. The van der Waals surface area contributed by atoms with Gasteiger partial charge < -0.3 is 10.6 Å². The molecule has 100 valence electrons. The minimum atomic E-state index is -0.00442. The molecule has 0 bridgehead atoms. The van der Waals surface area contributed by atoms with Gasteiger partial charge in [0, 0.05) is 17.1 Å². The van der Waals surface area contributed by atoms with Crippen LogP contribution < -0.4 is 10.6 Å². The fourth-order valence-electron chi connectivity index (χ4n) is 1.76. The molecular formula is C14H22N2OS. The van der Waals surface area contributed by atoms with Crippen LogP contribution in [0.3, 0.4) is 0 Å². The minimum absolute atomic E-state index is 0.00442. The maximum atomic E-state index is 12.1. The first-order chi connectivity index (χ1) is 8.58. The number of hydrogen-bond acceptors (Lipinski definition) is 3. The summed E-state index contributed by atoms with van der Waals surface area (Å²) < 4.78 is 0. The van der Waals surface area contributed by atoms with Gasteiger partial charge in [-0.25, -0.2) is 0 Å². The molecule has 1 aromatic rings. The highest BCUT2D eigenvalue weighted by atomic mass is 32.2. The summed E-state index contributed by atoms with van der Waals surface area (Å²) in [7, 11) is 1.87. The van der Waals surface area contributed by atoms with E-state index in [2.05, 4.69) is 24.5 Å². The summed E-state index contributed by atoms with van der Waals surface area (Å²) in [6.45, 7) is 4.84. The summed E-state index contributed by atoms with van der Waals surface area (Å²) in [5.74, 6) is 0.398. The Bertz CT molecular complexity index is 376. The van der Waals surface area contributed by atoms with Gasteiger partial charge in [0.05, 0.1) is 5.92 Å². The van der Waals surface area contributed by atoms with Crippen molar-refractivity contribution in [2.45, 2.75) is 18.7 Å². The van der Waals surface area contributed by atoms with Crippen molar-refractivity contribution in [2.75, 3.05) is 25.2 Å². The molecule has 1 aromatic carbocycles. The van der Waals surface area contributed by atoms with Crippen molar-refractivity contribution in [1.82, 2.24) is 5.32 Å². The van der Waals surface area contributed by atoms with Crippen molar-refractivity contribution in [3.63, 3.8) is 0 Å². The molecule has 0 aliphatic carbocycles. The number of carbonyl (C=O) groups is 1. The zero-order valence-electron chi connectivity index (χ0n) is 11.5. The number of nitrogens with one attached hydrogen (secondary N) is 2. The quantitative estimate of drug-likeness (QED) is 0.778. The maximum absolute atomic E-state index is 12.1. The number of hydrogen-bond donors (Lipinski definition) is 2. The van der Waals surface area contributed by atoms with Crippen LogP contribution in [-0.2, 0) is 4.79 Å². The van der Waals surface area contributed by atoms with Crippen molar-refractivity contribution in [1.29, 1.82) is 0 Å². The predicted molar refractivity (Wildman–Crippen MR) is 79.1 cm³/mol. The number of thioether (sulfide) groups is 1. The van der Waals surface area contributed by atoms with Crippen LogP contribution in [0.1, 0.15) is 13.8 Å². The first-order valence-electron chi connectivity index (χ1n) is 6.18. The summed E-state index contributed by atoms with van der Waals surface area (Å²) in [4.78, 5) is 13.3. The van der Waals surface area contributed by atoms with Crippen molar-refractivity contribution in [3.05, 3.63) is 24.3 Å². The normalized spacial score (nSPS) is 12.5. The van der Waals surface area contributed by atoms with Gasteiger partial charge in [0.15, 0.2) is 0 Å². The van der Waals surface area contributed by atoms with Gasteiger partial charge in [-0.15, -0.1) is 11.8 Å². The van der Waals surface area contributed by atoms with Crippen molar-refractivity contribution in [2.24, 2.45) is 11.8 Å². The van der Waals surface area contributed by atoms with E-state index in [9.17, 15) is 4.79 Å². The van der Waals surface area contributed by atoms with Gasteiger partial charge in [-0.2, -0.15) is 0 Å². The lowest BCUT2D eigenvalue weighted by atomic mass is 9.95. The highest BCUT2D eigenvalue weighted by Gasteiger charge is 2.21. The largest absolute Gasteiger partial charge is 0.326 e. The van der Waals surface area contributed by atoms with Crippen LogP contribution in [0.15, 0.2) is 29.2 Å². The molecule has 1 atom stereocenters. The average Bonchev–Trinajstić information content (AvgIpc) is 2.36. The molecule has 1 unspecified atom stereocenters. The highest BCUT2D eigenvalue weighted by molar-refractivity contribution is 7.98. The van der Waals surface area contributed by atoms with Gasteiger partial charge in [-0.05, 0) is 43.5 Å². The summed E-state index contributed by atoms with van der Waals surface area (Å²) in [6.07, 6.45) is 2.04. The molecule has 0 spiro atoms. The molecule has 0 saturated heterocycles. The third-order valence-corrected chi connectivity index (χ3v) is 3.67. The Balaban J connectivity index is 2.66. The monoisotopic (exact) mass is 266 g/mol. The van der Waals surface area contributed by atoms with E-state index >= 15 is 0 Å². The second-order valence-electron chi connectivity index (χ2n) is 4.63. The highest BCUT2D eigenvalue weighted by Crippen LogP contribution is 2.19. The Morgan fingerprint density at radius 1 is 1.28 bits per heavy atom. The number of rotatable bonds is 6. The summed E-state index contributed by atoms with van der Waals surface area (Å²) >= 11 is 1.69. The maximum Gasteiger partial charge on any atom is 0.229 e. The number of benzene rings is 1. The molecule has 0 radical (unpaired) electrons. The zero-order valence-corrected chi connectivity index (χ0v) is 12.3. The molecule has 1 rings (SSSR count). The van der Waals surface area contributed by atoms with Crippen LogP contribution in [0.5, 0.6) is 0 Å². The van der Waals surface area contributed by atoms with Crippen LogP contribution in [-0.4, -0.2) is 25.8 Å². The van der Waals surface area contributed by atoms with Crippen molar-refractivity contribution < 1.29 is 4.79 Å². The Morgan fingerprint density at radius 3 is 2.33 bits per heavy atom. The number of carbonyl (C=O) groups excluding carboxylic acids is 1. The molecule has 0 aliphatic heterocycles. The molecule has 1 amide bonds. The van der Waals surface area contributed by atoms with E-state index in [0.29, 0.717) is 12.5 Å². The molecule has 3 nitrogen and oxygen atoms in total. The predicted octanol–water partition coefficient (Wildman–Crippen LogP) is 2.84. The van der Waals surface area contributed by atoms with Gasteiger partial charge in [0.2, 0.25) is 5.91 Å². The Labute approximate surface area is 114 Å². The lowest BCUT2D eigenvalue weighted by molar-refractivity contribution is -0.120. The lowest BCUT2D eigenvalue weighted by Crippen LogP contribution is -2.34. The van der Waals surface area contributed by atoms with E-state index in [1.54, 1.807) is 11.8 Å². The molecule has 0 aromatic heterocycles. The van der Waals surface area contributed by atoms with Crippen LogP contribution in [0.4, 0.5) is 5.69 Å². The van der Waals surface area contributed by atoms with E-state index in [4.69, 9.17) is 0 Å². The Kier molecular flexibility index (Phi) is 6.22. The van der Waals surface area contributed by atoms with Crippen molar-refractivity contribution >= 4 is 23.4 Å². The SMILES string of the molecule is CNCC(C(=O)Nc1ccc(SC)cc1)C(C)C. The minimum Gasteiger partial charge on any atom is -0.326 e. The zero-order chi connectivity index (χ0) is 13.5. The van der Waals surface area contributed by atoms with Crippen LogP contribution >= 0.6 is 11.8 Å². The molecular weight excluding hydrogens is 244 g/mol. The fraction of sp³-hybridized carbons (Fsp3) is 0.500. The molecule has 0 aliphatic rings.